The van der Waals surface area contributed by atoms with Gasteiger partial charge in [-0.1, -0.05) is 13.3 Å². The fraction of sp³-hybridized carbons (Fsp3) is 0.545. The second kappa shape index (κ2) is 6.24. The van der Waals surface area contributed by atoms with E-state index in [0.29, 0.717) is 6.54 Å². The molecule has 84 valence electrons. The van der Waals surface area contributed by atoms with E-state index >= 15 is 0 Å². The van der Waals surface area contributed by atoms with Crippen LogP contribution in [0.15, 0.2) is 18.5 Å². The molecule has 4 heteroatoms. The molecule has 0 amide bonds. The second-order valence-corrected chi connectivity index (χ2v) is 3.54. The van der Waals surface area contributed by atoms with Crippen molar-refractivity contribution in [3.8, 4) is 0 Å². The minimum absolute atomic E-state index is 0.284. The molecule has 3 N–H and O–H groups in total. The molecule has 1 heterocycles. The lowest BCUT2D eigenvalue weighted by atomic mass is 10.2. The van der Waals surface area contributed by atoms with Crippen molar-refractivity contribution in [1.29, 1.82) is 0 Å². The molecule has 0 aromatic carbocycles. The van der Waals surface area contributed by atoms with Crippen LogP contribution >= 0.6 is 0 Å². The van der Waals surface area contributed by atoms with Gasteiger partial charge in [0.2, 0.25) is 0 Å². The van der Waals surface area contributed by atoms with Crippen molar-refractivity contribution in [1.82, 2.24) is 4.98 Å². The van der Waals surface area contributed by atoms with E-state index in [0.717, 1.165) is 24.2 Å². The predicted octanol–water partition coefficient (Wildman–Crippen LogP) is 1.70. The summed E-state index contributed by atoms with van der Waals surface area (Å²) in [6.07, 6.45) is 5.05. The van der Waals surface area contributed by atoms with Crippen molar-refractivity contribution in [3.63, 3.8) is 0 Å². The zero-order valence-electron chi connectivity index (χ0n) is 9.33. The molecule has 0 fully saturated rings. The van der Waals surface area contributed by atoms with Gasteiger partial charge in [-0.3, -0.25) is 4.98 Å². The third kappa shape index (κ3) is 4.16. The minimum atomic E-state index is -0.284. The molecule has 0 aliphatic rings. The van der Waals surface area contributed by atoms with E-state index < -0.39 is 0 Å². The Bertz CT molecular complexity index is 291. The Morgan fingerprint density at radius 3 is 2.80 bits per heavy atom. The average molecular weight is 209 g/mol. The topological polar surface area (TPSA) is 57.2 Å². The van der Waals surface area contributed by atoms with Crippen LogP contribution in [0.5, 0.6) is 0 Å². The van der Waals surface area contributed by atoms with Crippen LogP contribution in [0.25, 0.3) is 0 Å². The molecule has 0 saturated heterocycles. The van der Waals surface area contributed by atoms with E-state index in [1.54, 1.807) is 12.4 Å². The first-order valence-corrected chi connectivity index (χ1v) is 5.31. The van der Waals surface area contributed by atoms with Crippen molar-refractivity contribution >= 4 is 11.4 Å². The highest BCUT2D eigenvalue weighted by molar-refractivity contribution is 5.53. The monoisotopic (exact) mass is 209 g/mol. The fourth-order valence-corrected chi connectivity index (χ4v) is 1.34. The van der Waals surface area contributed by atoms with Crippen molar-refractivity contribution < 1.29 is 5.11 Å². The van der Waals surface area contributed by atoms with Gasteiger partial charge in [-0.15, -0.1) is 0 Å². The largest absolute Gasteiger partial charge is 0.391 e. The van der Waals surface area contributed by atoms with Crippen LogP contribution in [0.2, 0.25) is 0 Å². The van der Waals surface area contributed by atoms with E-state index in [2.05, 4.69) is 22.5 Å². The number of nitrogens with zero attached hydrogens (tertiary/aromatic N) is 1. The maximum atomic E-state index is 9.54. The lowest BCUT2D eigenvalue weighted by Crippen LogP contribution is -2.19. The highest BCUT2D eigenvalue weighted by Gasteiger charge is 2.02. The van der Waals surface area contributed by atoms with Crippen LogP contribution in [0.4, 0.5) is 11.4 Å². The number of aliphatic hydroxyl groups is 1. The molecule has 0 spiro atoms. The van der Waals surface area contributed by atoms with Crippen molar-refractivity contribution in [2.75, 3.05) is 24.2 Å². The number of hydrogen-bond acceptors (Lipinski definition) is 4. The number of aliphatic hydroxyl groups excluding tert-OH is 1. The summed E-state index contributed by atoms with van der Waals surface area (Å²) in [6.45, 7) is 2.63. The number of hydrogen-bond donors (Lipinski definition) is 3. The van der Waals surface area contributed by atoms with Crippen LogP contribution in [0, 0.1) is 0 Å². The highest BCUT2D eigenvalue weighted by Crippen LogP contribution is 2.12. The maximum Gasteiger partial charge on any atom is 0.0712 e. The zero-order valence-corrected chi connectivity index (χ0v) is 9.33. The van der Waals surface area contributed by atoms with Crippen LogP contribution < -0.4 is 10.6 Å². The molecule has 0 saturated carbocycles. The van der Waals surface area contributed by atoms with Gasteiger partial charge in [0.25, 0.3) is 0 Å². The Balaban J connectivity index is 2.43. The molecule has 1 unspecified atom stereocenters. The summed E-state index contributed by atoms with van der Waals surface area (Å²) in [5, 5.41) is 15.7. The Labute approximate surface area is 90.7 Å². The molecule has 0 aliphatic heterocycles. The van der Waals surface area contributed by atoms with Gasteiger partial charge in [-0.05, 0) is 12.5 Å². The summed E-state index contributed by atoms with van der Waals surface area (Å²) < 4.78 is 0. The molecule has 1 rings (SSSR count). The average Bonchev–Trinajstić information content (AvgIpc) is 2.27. The quantitative estimate of drug-likeness (QED) is 0.667. The molecule has 1 aromatic rings. The predicted molar refractivity (Wildman–Crippen MR) is 63.2 cm³/mol. The summed E-state index contributed by atoms with van der Waals surface area (Å²) in [5.41, 5.74) is 1.89. The number of aromatic nitrogens is 1. The normalized spacial score (nSPS) is 12.2. The first-order valence-electron chi connectivity index (χ1n) is 5.31. The van der Waals surface area contributed by atoms with Crippen molar-refractivity contribution in [2.24, 2.45) is 0 Å². The molecular formula is C11H19N3O. The van der Waals surface area contributed by atoms with Crippen LogP contribution in [-0.2, 0) is 0 Å². The van der Waals surface area contributed by atoms with Gasteiger partial charge in [-0.25, -0.2) is 0 Å². The van der Waals surface area contributed by atoms with Gasteiger partial charge < -0.3 is 15.7 Å². The summed E-state index contributed by atoms with van der Waals surface area (Å²) in [5.74, 6) is 0. The van der Waals surface area contributed by atoms with E-state index in [1.165, 1.54) is 0 Å². The van der Waals surface area contributed by atoms with Crippen molar-refractivity contribution in [3.05, 3.63) is 18.5 Å². The van der Waals surface area contributed by atoms with Crippen LogP contribution in [0.1, 0.15) is 19.8 Å². The number of nitrogens with one attached hydrogen (secondary N) is 2. The molecule has 15 heavy (non-hydrogen) atoms. The van der Waals surface area contributed by atoms with E-state index in [4.69, 9.17) is 0 Å². The molecular weight excluding hydrogens is 190 g/mol. The van der Waals surface area contributed by atoms with E-state index in [-0.39, 0.29) is 6.10 Å². The Kier molecular flexibility index (Phi) is 4.90. The fourth-order valence-electron chi connectivity index (χ4n) is 1.34. The number of rotatable bonds is 6. The summed E-state index contributed by atoms with van der Waals surface area (Å²) in [4.78, 5) is 4.07. The summed E-state index contributed by atoms with van der Waals surface area (Å²) >= 11 is 0. The Morgan fingerprint density at radius 1 is 1.40 bits per heavy atom. The number of pyridine rings is 1. The first kappa shape index (κ1) is 11.8. The van der Waals surface area contributed by atoms with Crippen molar-refractivity contribution in [2.45, 2.75) is 25.9 Å². The maximum absolute atomic E-state index is 9.54. The zero-order chi connectivity index (χ0) is 11.1. The lowest BCUT2D eigenvalue weighted by Gasteiger charge is -2.12. The standard InChI is InChI=1S/C11H19N3O/c1-3-4-11(15)8-14-10-5-9(12-2)6-13-7-10/h5-7,11-12,14-15H,3-4,8H2,1-2H3. The van der Waals surface area contributed by atoms with Gasteiger partial charge in [0.15, 0.2) is 0 Å². The summed E-state index contributed by atoms with van der Waals surface area (Å²) in [7, 11) is 1.85. The molecule has 0 bridgehead atoms. The second-order valence-electron chi connectivity index (χ2n) is 3.54. The van der Waals surface area contributed by atoms with E-state index in [1.807, 2.05) is 13.1 Å². The molecule has 0 radical (unpaired) electrons. The highest BCUT2D eigenvalue weighted by atomic mass is 16.3. The van der Waals surface area contributed by atoms with Gasteiger partial charge in [0, 0.05) is 13.6 Å². The third-order valence-electron chi connectivity index (χ3n) is 2.19. The van der Waals surface area contributed by atoms with Gasteiger partial charge >= 0.3 is 0 Å². The Hall–Kier alpha value is -1.29. The van der Waals surface area contributed by atoms with Crippen LogP contribution in [-0.4, -0.2) is 29.8 Å². The first-order chi connectivity index (χ1) is 7.26. The molecule has 1 atom stereocenters. The van der Waals surface area contributed by atoms with E-state index in [9.17, 15) is 5.11 Å². The SMILES string of the molecule is CCCC(O)CNc1cncc(NC)c1. The smallest absolute Gasteiger partial charge is 0.0712 e. The minimum Gasteiger partial charge on any atom is -0.391 e. The van der Waals surface area contributed by atoms with Crippen LogP contribution in [0.3, 0.4) is 0 Å². The summed E-state index contributed by atoms with van der Waals surface area (Å²) in [6, 6.07) is 1.96. The molecule has 4 nitrogen and oxygen atoms in total. The molecule has 0 aliphatic carbocycles. The molecule has 1 aromatic heterocycles. The van der Waals surface area contributed by atoms with Gasteiger partial charge in [0.1, 0.15) is 0 Å². The van der Waals surface area contributed by atoms with Gasteiger partial charge in [-0.2, -0.15) is 0 Å². The Morgan fingerprint density at radius 2 is 2.13 bits per heavy atom. The third-order valence-corrected chi connectivity index (χ3v) is 2.19. The number of anilines is 2. The van der Waals surface area contributed by atoms with Gasteiger partial charge in [0.05, 0.1) is 29.9 Å². The lowest BCUT2D eigenvalue weighted by molar-refractivity contribution is 0.176.